The van der Waals surface area contributed by atoms with Gasteiger partial charge in [-0.3, -0.25) is 0 Å². The largest absolute Gasteiger partial charge is 0.350 e. The number of aromatic nitrogens is 2. The first-order valence-corrected chi connectivity index (χ1v) is 7.25. The average Bonchev–Trinajstić information content (AvgIpc) is 2.45. The molecule has 1 aromatic carbocycles. The summed E-state index contributed by atoms with van der Waals surface area (Å²) in [6, 6.07) is 10.7. The van der Waals surface area contributed by atoms with E-state index < -0.39 is 0 Å². The second-order valence-corrected chi connectivity index (χ2v) is 5.44. The lowest BCUT2D eigenvalue weighted by atomic mass is 10.1. The van der Waals surface area contributed by atoms with Crippen LogP contribution in [0.2, 0.25) is 0 Å². The van der Waals surface area contributed by atoms with E-state index in [1.165, 1.54) is 11.1 Å². The maximum absolute atomic E-state index is 4.56. The Morgan fingerprint density at radius 3 is 2.30 bits per heavy atom. The zero-order valence-corrected chi connectivity index (χ0v) is 12.8. The van der Waals surface area contributed by atoms with Gasteiger partial charge in [0.05, 0.1) is 0 Å². The summed E-state index contributed by atoms with van der Waals surface area (Å²) >= 11 is 0. The molecule has 106 valence electrons. The number of hydrogen-bond acceptors (Lipinski definition) is 3. The van der Waals surface area contributed by atoms with Crippen molar-refractivity contribution in [3.63, 3.8) is 0 Å². The summed E-state index contributed by atoms with van der Waals surface area (Å²) in [6.45, 7) is 9.23. The smallest absolute Gasteiger partial charge is 0.223 e. The normalized spacial score (nSPS) is 10.8. The Kier molecular flexibility index (Phi) is 4.72. The molecule has 0 radical (unpaired) electrons. The zero-order chi connectivity index (χ0) is 14.5. The first-order valence-electron chi connectivity index (χ1n) is 7.25. The summed E-state index contributed by atoms with van der Waals surface area (Å²) in [6.07, 6.45) is 1.08. The van der Waals surface area contributed by atoms with E-state index >= 15 is 0 Å². The number of anilines is 1. The predicted octanol–water partition coefficient (Wildman–Crippen LogP) is 4.08. The van der Waals surface area contributed by atoms with E-state index in [-0.39, 0.29) is 0 Å². The minimum Gasteiger partial charge on any atom is -0.350 e. The van der Waals surface area contributed by atoms with Crippen molar-refractivity contribution in [2.24, 2.45) is 0 Å². The van der Waals surface area contributed by atoms with Crippen molar-refractivity contribution in [1.82, 2.24) is 9.97 Å². The van der Waals surface area contributed by atoms with Crippen LogP contribution in [0.15, 0.2) is 30.3 Å². The van der Waals surface area contributed by atoms with Crippen LogP contribution in [-0.2, 0) is 13.0 Å². The van der Waals surface area contributed by atoms with Crippen LogP contribution in [0, 0.1) is 6.92 Å². The molecule has 0 fully saturated rings. The van der Waals surface area contributed by atoms with E-state index in [4.69, 9.17) is 0 Å². The van der Waals surface area contributed by atoms with Gasteiger partial charge in [-0.05, 0) is 36.5 Å². The molecule has 0 aliphatic carbocycles. The Hall–Kier alpha value is -1.90. The molecule has 0 spiro atoms. The Morgan fingerprint density at radius 2 is 1.70 bits per heavy atom. The summed E-state index contributed by atoms with van der Waals surface area (Å²) in [7, 11) is 0. The SMILES string of the molecule is CCc1ccc(CNc2nc(C)cc(C(C)C)n2)cc1. The van der Waals surface area contributed by atoms with Crippen molar-refractivity contribution in [1.29, 1.82) is 0 Å². The summed E-state index contributed by atoms with van der Waals surface area (Å²) < 4.78 is 0. The van der Waals surface area contributed by atoms with Gasteiger partial charge in [0.2, 0.25) is 5.95 Å². The molecule has 1 aromatic heterocycles. The van der Waals surface area contributed by atoms with Crippen LogP contribution in [0.4, 0.5) is 5.95 Å². The summed E-state index contributed by atoms with van der Waals surface area (Å²) in [5.41, 5.74) is 4.70. The van der Waals surface area contributed by atoms with Gasteiger partial charge in [0.1, 0.15) is 0 Å². The third-order valence-electron chi connectivity index (χ3n) is 3.35. The van der Waals surface area contributed by atoms with Crippen LogP contribution in [0.1, 0.15) is 49.2 Å². The van der Waals surface area contributed by atoms with Crippen LogP contribution in [-0.4, -0.2) is 9.97 Å². The first kappa shape index (κ1) is 14.5. The van der Waals surface area contributed by atoms with E-state index in [0.29, 0.717) is 11.9 Å². The molecule has 0 aliphatic heterocycles. The number of rotatable bonds is 5. The third-order valence-corrected chi connectivity index (χ3v) is 3.35. The zero-order valence-electron chi connectivity index (χ0n) is 12.8. The highest BCUT2D eigenvalue weighted by molar-refractivity contribution is 5.32. The number of nitrogens with one attached hydrogen (secondary N) is 1. The molecular weight excluding hydrogens is 246 g/mol. The molecule has 20 heavy (non-hydrogen) atoms. The van der Waals surface area contributed by atoms with E-state index in [0.717, 1.165) is 24.4 Å². The van der Waals surface area contributed by atoms with E-state index in [2.05, 4.69) is 60.3 Å². The Balaban J connectivity index is 2.06. The average molecular weight is 269 g/mol. The lowest BCUT2D eigenvalue weighted by Crippen LogP contribution is -2.07. The van der Waals surface area contributed by atoms with Crippen LogP contribution >= 0.6 is 0 Å². The molecule has 3 nitrogen and oxygen atoms in total. The van der Waals surface area contributed by atoms with Crippen molar-refractivity contribution in [3.05, 3.63) is 52.8 Å². The van der Waals surface area contributed by atoms with Crippen molar-refractivity contribution >= 4 is 5.95 Å². The topological polar surface area (TPSA) is 37.8 Å². The first-order chi connectivity index (χ1) is 9.58. The summed E-state index contributed by atoms with van der Waals surface area (Å²) in [5, 5.41) is 3.31. The van der Waals surface area contributed by atoms with Gasteiger partial charge in [-0.25, -0.2) is 9.97 Å². The molecule has 2 rings (SSSR count). The molecule has 3 heteroatoms. The fourth-order valence-electron chi connectivity index (χ4n) is 2.04. The quantitative estimate of drug-likeness (QED) is 0.888. The van der Waals surface area contributed by atoms with Crippen LogP contribution in [0.5, 0.6) is 0 Å². The van der Waals surface area contributed by atoms with Crippen molar-refractivity contribution < 1.29 is 0 Å². The van der Waals surface area contributed by atoms with Gasteiger partial charge in [0.15, 0.2) is 0 Å². The Labute approximate surface area is 121 Å². The molecule has 0 amide bonds. The fourth-order valence-corrected chi connectivity index (χ4v) is 2.04. The van der Waals surface area contributed by atoms with Crippen LogP contribution in [0.25, 0.3) is 0 Å². The lowest BCUT2D eigenvalue weighted by Gasteiger charge is -2.10. The lowest BCUT2D eigenvalue weighted by molar-refractivity contribution is 0.808. The van der Waals surface area contributed by atoms with Crippen molar-refractivity contribution in [3.8, 4) is 0 Å². The van der Waals surface area contributed by atoms with Gasteiger partial charge in [-0.2, -0.15) is 0 Å². The summed E-state index contributed by atoms with van der Waals surface area (Å²) in [4.78, 5) is 9.00. The molecule has 0 saturated carbocycles. The third kappa shape index (κ3) is 3.80. The molecule has 1 heterocycles. The Bertz CT molecular complexity index is 559. The Morgan fingerprint density at radius 1 is 1.05 bits per heavy atom. The van der Waals surface area contributed by atoms with E-state index in [1.54, 1.807) is 0 Å². The number of hydrogen-bond donors (Lipinski definition) is 1. The molecule has 2 aromatic rings. The van der Waals surface area contributed by atoms with Crippen LogP contribution < -0.4 is 5.32 Å². The second kappa shape index (κ2) is 6.51. The molecule has 0 unspecified atom stereocenters. The van der Waals surface area contributed by atoms with Gasteiger partial charge in [-0.15, -0.1) is 0 Å². The number of aryl methyl sites for hydroxylation is 2. The van der Waals surface area contributed by atoms with Gasteiger partial charge in [0.25, 0.3) is 0 Å². The van der Waals surface area contributed by atoms with Gasteiger partial charge < -0.3 is 5.32 Å². The molecule has 0 atom stereocenters. The number of nitrogens with zero attached hydrogens (tertiary/aromatic N) is 2. The minimum atomic E-state index is 0.418. The van der Waals surface area contributed by atoms with Crippen LogP contribution in [0.3, 0.4) is 0 Å². The highest BCUT2D eigenvalue weighted by Crippen LogP contribution is 2.15. The van der Waals surface area contributed by atoms with Gasteiger partial charge in [-0.1, -0.05) is 45.0 Å². The van der Waals surface area contributed by atoms with E-state index in [9.17, 15) is 0 Å². The van der Waals surface area contributed by atoms with Crippen molar-refractivity contribution in [2.75, 3.05) is 5.32 Å². The van der Waals surface area contributed by atoms with Crippen molar-refractivity contribution in [2.45, 2.75) is 46.6 Å². The molecule has 0 saturated heterocycles. The maximum atomic E-state index is 4.56. The minimum absolute atomic E-state index is 0.418. The molecule has 0 aliphatic rings. The monoisotopic (exact) mass is 269 g/mol. The van der Waals surface area contributed by atoms with Gasteiger partial charge >= 0.3 is 0 Å². The second-order valence-electron chi connectivity index (χ2n) is 5.44. The molecular formula is C17H23N3. The summed E-state index contributed by atoms with van der Waals surface area (Å²) in [5.74, 6) is 1.13. The maximum Gasteiger partial charge on any atom is 0.223 e. The fraction of sp³-hybridized carbons (Fsp3) is 0.412. The van der Waals surface area contributed by atoms with E-state index in [1.807, 2.05) is 13.0 Å². The molecule has 0 bridgehead atoms. The highest BCUT2D eigenvalue weighted by Gasteiger charge is 2.05. The highest BCUT2D eigenvalue weighted by atomic mass is 15.1. The van der Waals surface area contributed by atoms with Gasteiger partial charge in [0, 0.05) is 17.9 Å². The predicted molar refractivity (Wildman–Crippen MR) is 84.0 cm³/mol. The molecule has 1 N–H and O–H groups in total. The number of benzene rings is 1. The standard InChI is InChI=1S/C17H23N3/c1-5-14-6-8-15(9-7-14)11-18-17-19-13(4)10-16(20-17)12(2)3/h6-10,12H,5,11H2,1-4H3,(H,18,19,20).